The van der Waals surface area contributed by atoms with E-state index in [-0.39, 0.29) is 27.6 Å². The quantitative estimate of drug-likeness (QED) is 0.304. The molecule has 0 aliphatic rings. The summed E-state index contributed by atoms with van der Waals surface area (Å²) in [4.78, 5) is 19.2. The molecule has 10 nitrogen and oxygen atoms in total. The number of nitrogens with zero attached hydrogens (tertiary/aromatic N) is 2. The molecule has 3 aromatic rings. The molecule has 0 bridgehead atoms. The van der Waals surface area contributed by atoms with Crippen molar-refractivity contribution in [2.24, 2.45) is 5.14 Å². The highest BCUT2D eigenvalue weighted by molar-refractivity contribution is 7.89. The molecule has 0 atom stereocenters. The standard InChI is InChI=1S/C19H16N4O6S/c1-28-17-7-6-11(30(21,26)27)8-12(17)19(25)29-10-16(24)13(9-20)18-22-14-4-2-3-5-15(14)23-18/h2-8,24H,10H2,1H3,(H,22,23)(H2,21,26,27)/b16-13-. The summed E-state index contributed by atoms with van der Waals surface area (Å²) in [5.74, 6) is -1.35. The van der Waals surface area contributed by atoms with Gasteiger partial charge in [0.1, 0.15) is 29.6 Å². The molecular formula is C19H16N4O6S. The first-order valence-electron chi connectivity index (χ1n) is 8.40. The second-order valence-corrected chi connectivity index (χ2v) is 7.58. The number of H-pyrrole nitrogens is 1. The number of ether oxygens (including phenoxy) is 2. The number of fused-ring (bicyclic) bond motifs is 1. The SMILES string of the molecule is COc1ccc(S(N)(=O)=O)cc1C(=O)OC/C(O)=C(\C#N)c1nc2ccccc2[nH]1. The zero-order chi connectivity index (χ0) is 21.9. The Kier molecular flexibility index (Phi) is 5.72. The van der Waals surface area contributed by atoms with Crippen LogP contribution >= 0.6 is 0 Å². The van der Waals surface area contributed by atoms with Gasteiger partial charge in [-0.15, -0.1) is 0 Å². The first kappa shape index (κ1) is 20.8. The number of rotatable bonds is 6. The number of esters is 1. The third kappa shape index (κ3) is 4.24. The Bertz CT molecular complexity index is 1270. The topological polar surface area (TPSA) is 168 Å². The van der Waals surface area contributed by atoms with Crippen molar-refractivity contribution in [3.05, 3.63) is 59.6 Å². The maximum absolute atomic E-state index is 12.4. The number of methoxy groups -OCH3 is 1. The summed E-state index contributed by atoms with van der Waals surface area (Å²) >= 11 is 0. The predicted octanol–water partition coefficient (Wildman–Crippen LogP) is 1.87. The van der Waals surface area contributed by atoms with E-state index in [4.69, 9.17) is 14.6 Å². The number of para-hydroxylation sites is 2. The smallest absolute Gasteiger partial charge is 0.342 e. The van der Waals surface area contributed by atoms with Gasteiger partial charge in [-0.1, -0.05) is 12.1 Å². The maximum atomic E-state index is 12.4. The number of nitriles is 1. The molecule has 11 heteroatoms. The van der Waals surface area contributed by atoms with E-state index in [1.807, 2.05) is 6.07 Å². The van der Waals surface area contributed by atoms with Crippen LogP contribution in [0.15, 0.2) is 53.1 Å². The molecule has 0 unspecified atom stereocenters. The Labute approximate surface area is 171 Å². The number of primary sulfonamides is 1. The van der Waals surface area contributed by atoms with E-state index >= 15 is 0 Å². The lowest BCUT2D eigenvalue weighted by atomic mass is 10.2. The third-order valence-corrected chi connectivity index (χ3v) is 5.00. The number of aliphatic hydroxyl groups is 1. The first-order chi connectivity index (χ1) is 14.2. The Morgan fingerprint density at radius 3 is 2.67 bits per heavy atom. The number of sulfonamides is 1. The molecule has 0 aliphatic carbocycles. The number of carbonyl (C=O) groups is 1. The normalized spacial score (nSPS) is 12.2. The Morgan fingerprint density at radius 1 is 1.30 bits per heavy atom. The third-order valence-electron chi connectivity index (χ3n) is 4.09. The molecule has 3 rings (SSSR count). The van der Waals surface area contributed by atoms with E-state index in [2.05, 4.69) is 9.97 Å². The van der Waals surface area contributed by atoms with Gasteiger partial charge in [0.25, 0.3) is 0 Å². The summed E-state index contributed by atoms with van der Waals surface area (Å²) in [5, 5.41) is 24.7. The van der Waals surface area contributed by atoms with Crippen LogP contribution in [0, 0.1) is 11.3 Å². The lowest BCUT2D eigenvalue weighted by Crippen LogP contribution is -2.15. The fraction of sp³-hybridized carbons (Fsp3) is 0.105. The van der Waals surface area contributed by atoms with Gasteiger partial charge in [-0.05, 0) is 30.3 Å². The second-order valence-electron chi connectivity index (χ2n) is 6.02. The zero-order valence-electron chi connectivity index (χ0n) is 15.6. The molecule has 0 spiro atoms. The average Bonchev–Trinajstić information content (AvgIpc) is 3.15. The largest absolute Gasteiger partial charge is 0.507 e. The first-order valence-corrected chi connectivity index (χ1v) is 9.94. The molecule has 2 aromatic carbocycles. The monoisotopic (exact) mass is 428 g/mol. The molecule has 0 saturated carbocycles. The second kappa shape index (κ2) is 8.24. The van der Waals surface area contributed by atoms with Crippen LogP contribution in [0.4, 0.5) is 0 Å². The van der Waals surface area contributed by atoms with Crippen LogP contribution < -0.4 is 9.88 Å². The minimum atomic E-state index is -4.06. The lowest BCUT2D eigenvalue weighted by Gasteiger charge is -2.10. The summed E-state index contributed by atoms with van der Waals surface area (Å²) in [7, 11) is -2.77. The Hall–Kier alpha value is -3.88. The maximum Gasteiger partial charge on any atom is 0.342 e. The zero-order valence-corrected chi connectivity index (χ0v) is 16.4. The van der Waals surface area contributed by atoms with Gasteiger partial charge in [-0.25, -0.2) is 23.3 Å². The van der Waals surface area contributed by atoms with E-state index in [1.165, 1.54) is 19.2 Å². The molecule has 4 N–H and O–H groups in total. The van der Waals surface area contributed by atoms with Crippen LogP contribution in [0.2, 0.25) is 0 Å². The summed E-state index contributed by atoms with van der Waals surface area (Å²) < 4.78 is 33.1. The van der Waals surface area contributed by atoms with Crippen molar-refractivity contribution in [3.8, 4) is 11.8 Å². The fourth-order valence-corrected chi connectivity index (χ4v) is 3.17. The lowest BCUT2D eigenvalue weighted by molar-refractivity contribution is 0.0499. The molecule has 0 fully saturated rings. The van der Waals surface area contributed by atoms with Crippen molar-refractivity contribution >= 4 is 32.6 Å². The van der Waals surface area contributed by atoms with Crippen molar-refractivity contribution in [1.29, 1.82) is 5.26 Å². The predicted molar refractivity (Wildman–Crippen MR) is 106 cm³/mol. The Balaban J connectivity index is 1.86. The number of nitrogens with one attached hydrogen (secondary N) is 1. The van der Waals surface area contributed by atoms with Gasteiger partial charge in [0, 0.05) is 0 Å². The number of aliphatic hydroxyl groups excluding tert-OH is 1. The number of allylic oxidation sites excluding steroid dienone is 1. The van der Waals surface area contributed by atoms with Crippen molar-refractivity contribution in [1.82, 2.24) is 9.97 Å². The fourth-order valence-electron chi connectivity index (χ4n) is 2.63. The van der Waals surface area contributed by atoms with Crippen LogP contribution in [0.5, 0.6) is 5.75 Å². The molecule has 0 saturated heterocycles. The molecule has 0 amide bonds. The number of hydrogen-bond donors (Lipinski definition) is 3. The minimum Gasteiger partial charge on any atom is -0.507 e. The number of imidazole rings is 1. The van der Waals surface area contributed by atoms with Crippen LogP contribution in [0.1, 0.15) is 16.2 Å². The van der Waals surface area contributed by atoms with Crippen molar-refractivity contribution in [2.45, 2.75) is 4.90 Å². The van der Waals surface area contributed by atoms with Crippen LogP contribution in [-0.4, -0.2) is 43.2 Å². The molecular weight excluding hydrogens is 412 g/mol. The van der Waals surface area contributed by atoms with E-state index in [9.17, 15) is 23.6 Å². The molecule has 0 radical (unpaired) electrons. The van der Waals surface area contributed by atoms with E-state index in [0.29, 0.717) is 11.0 Å². The van der Waals surface area contributed by atoms with Crippen molar-refractivity contribution in [2.75, 3.05) is 13.7 Å². The summed E-state index contributed by atoms with van der Waals surface area (Å²) in [5.41, 5.74) is 0.840. The molecule has 1 aromatic heterocycles. The highest BCUT2D eigenvalue weighted by Gasteiger charge is 2.20. The van der Waals surface area contributed by atoms with Crippen LogP contribution in [0.25, 0.3) is 16.6 Å². The number of aromatic nitrogens is 2. The van der Waals surface area contributed by atoms with E-state index < -0.39 is 28.4 Å². The molecule has 30 heavy (non-hydrogen) atoms. The van der Waals surface area contributed by atoms with E-state index in [0.717, 1.165) is 6.07 Å². The highest BCUT2D eigenvalue weighted by atomic mass is 32.2. The number of hydrogen-bond acceptors (Lipinski definition) is 8. The van der Waals surface area contributed by atoms with Gasteiger partial charge in [0.15, 0.2) is 11.6 Å². The summed E-state index contributed by atoms with van der Waals surface area (Å²) in [6.07, 6.45) is 0. The highest BCUT2D eigenvalue weighted by Crippen LogP contribution is 2.24. The van der Waals surface area contributed by atoms with Gasteiger partial charge in [0.05, 0.1) is 23.0 Å². The van der Waals surface area contributed by atoms with Crippen LogP contribution in [-0.2, 0) is 14.8 Å². The Morgan fingerprint density at radius 2 is 2.03 bits per heavy atom. The molecule has 154 valence electrons. The summed E-state index contributed by atoms with van der Waals surface area (Å²) in [6.45, 7) is -0.651. The average molecular weight is 428 g/mol. The van der Waals surface area contributed by atoms with Crippen LogP contribution in [0.3, 0.4) is 0 Å². The number of carbonyl (C=O) groups excluding carboxylic acids is 1. The number of aromatic amines is 1. The number of nitrogens with two attached hydrogens (primary N) is 1. The minimum absolute atomic E-state index is 0.0497. The van der Waals surface area contributed by atoms with Gasteiger partial charge in [-0.3, -0.25) is 0 Å². The number of benzene rings is 2. The van der Waals surface area contributed by atoms with Gasteiger partial charge in [-0.2, -0.15) is 5.26 Å². The van der Waals surface area contributed by atoms with Crippen molar-refractivity contribution in [3.63, 3.8) is 0 Å². The van der Waals surface area contributed by atoms with E-state index in [1.54, 1.807) is 24.3 Å². The molecule has 1 heterocycles. The molecule has 0 aliphatic heterocycles. The summed E-state index contributed by atoms with van der Waals surface area (Å²) in [6, 6.07) is 12.3. The van der Waals surface area contributed by atoms with Gasteiger partial charge < -0.3 is 19.6 Å². The van der Waals surface area contributed by atoms with Crippen molar-refractivity contribution < 1.29 is 27.8 Å². The van der Waals surface area contributed by atoms with Gasteiger partial charge >= 0.3 is 5.97 Å². The van der Waals surface area contributed by atoms with Gasteiger partial charge in [0.2, 0.25) is 10.0 Å².